The molecule has 0 radical (unpaired) electrons. The molecule has 1 aliphatic rings. The lowest BCUT2D eigenvalue weighted by molar-refractivity contribution is -0.121. The van der Waals surface area contributed by atoms with Crippen molar-refractivity contribution >= 4 is 73.0 Å². The van der Waals surface area contributed by atoms with Crippen LogP contribution in [-0.2, 0) is 11.3 Å². The van der Waals surface area contributed by atoms with E-state index < -0.39 is 0 Å². The van der Waals surface area contributed by atoms with Gasteiger partial charge in [-0.1, -0.05) is 35.9 Å². The van der Waals surface area contributed by atoms with Gasteiger partial charge in [0.1, 0.15) is 0 Å². The molecule has 0 atom stereocenters. The number of nitrogens with zero attached hydrogens (tertiary/aromatic N) is 3. The van der Waals surface area contributed by atoms with Crippen molar-refractivity contribution in [2.45, 2.75) is 6.54 Å². The molecular formula is C22H17BrClN3OS. The van der Waals surface area contributed by atoms with E-state index in [0.717, 1.165) is 20.9 Å². The van der Waals surface area contributed by atoms with Crippen molar-refractivity contribution in [2.75, 3.05) is 7.05 Å². The van der Waals surface area contributed by atoms with Gasteiger partial charge in [0.2, 0.25) is 0 Å². The van der Waals surface area contributed by atoms with Gasteiger partial charge in [0, 0.05) is 40.7 Å². The summed E-state index contributed by atoms with van der Waals surface area (Å²) >= 11 is 10.9. The van der Waals surface area contributed by atoms with Crippen molar-refractivity contribution in [1.82, 2.24) is 9.47 Å². The number of aliphatic imine (C=N–C) groups is 1. The number of hydrogen-bond donors (Lipinski definition) is 0. The molecule has 0 N–H and O–H groups in total. The molecule has 1 aliphatic heterocycles. The van der Waals surface area contributed by atoms with Gasteiger partial charge in [0.05, 0.1) is 15.6 Å². The first-order chi connectivity index (χ1) is 14.0. The second-order valence-electron chi connectivity index (χ2n) is 6.51. The van der Waals surface area contributed by atoms with Crippen LogP contribution in [-0.4, -0.2) is 27.6 Å². The highest BCUT2D eigenvalue weighted by molar-refractivity contribution is 9.10. The second kappa shape index (κ2) is 8.22. The molecule has 2 aromatic carbocycles. The molecule has 0 saturated carbocycles. The third-order valence-electron chi connectivity index (χ3n) is 4.56. The smallest absolute Gasteiger partial charge is 0.266 e. The van der Waals surface area contributed by atoms with Crippen LogP contribution in [0.3, 0.4) is 0 Å². The standard InChI is InChI=1S/C22H17BrClN3OS/c1-3-10-27-13-14(16-6-4-5-7-19(16)27)11-20-21(28)26(2)22(29-20)25-15-8-9-17(23)18(24)12-15/h3-9,11-13H,1,10H2,2H3/b20-11+,25-22?. The van der Waals surface area contributed by atoms with Crippen LogP contribution in [0, 0.1) is 0 Å². The summed E-state index contributed by atoms with van der Waals surface area (Å²) < 4.78 is 2.93. The first kappa shape index (κ1) is 20.0. The Balaban J connectivity index is 1.71. The Kier molecular flexibility index (Phi) is 5.67. The lowest BCUT2D eigenvalue weighted by Gasteiger charge is -2.07. The van der Waals surface area contributed by atoms with Gasteiger partial charge in [-0.25, -0.2) is 4.99 Å². The number of aromatic nitrogens is 1. The van der Waals surface area contributed by atoms with Crippen LogP contribution in [0.1, 0.15) is 5.56 Å². The fourth-order valence-corrected chi connectivity index (χ4v) is 4.54. The summed E-state index contributed by atoms with van der Waals surface area (Å²) in [6.07, 6.45) is 5.85. The number of amides is 1. The maximum atomic E-state index is 12.8. The van der Waals surface area contributed by atoms with E-state index in [2.05, 4.69) is 50.4 Å². The number of amidine groups is 1. The van der Waals surface area contributed by atoms with Crippen LogP contribution in [0.5, 0.6) is 0 Å². The number of fused-ring (bicyclic) bond motifs is 1. The predicted molar refractivity (Wildman–Crippen MR) is 127 cm³/mol. The van der Waals surface area contributed by atoms with Crippen molar-refractivity contribution in [3.8, 4) is 0 Å². The number of carbonyl (C=O) groups is 1. The van der Waals surface area contributed by atoms with Crippen LogP contribution in [0.2, 0.25) is 5.02 Å². The van der Waals surface area contributed by atoms with Crippen molar-refractivity contribution in [2.24, 2.45) is 4.99 Å². The molecule has 1 saturated heterocycles. The number of allylic oxidation sites excluding steroid dienone is 1. The summed E-state index contributed by atoms with van der Waals surface area (Å²) in [6.45, 7) is 4.54. The molecule has 29 heavy (non-hydrogen) atoms. The second-order valence-corrected chi connectivity index (χ2v) is 8.78. The maximum Gasteiger partial charge on any atom is 0.266 e. The minimum atomic E-state index is -0.0717. The Bertz CT molecular complexity index is 1200. The number of hydrogen-bond acceptors (Lipinski definition) is 3. The first-order valence-electron chi connectivity index (χ1n) is 8.88. The van der Waals surface area contributed by atoms with Crippen LogP contribution < -0.4 is 0 Å². The average molecular weight is 487 g/mol. The SMILES string of the molecule is C=CCn1cc(/C=C2/SC(=Nc3ccc(Br)c(Cl)c3)N(C)C2=O)c2ccccc21. The largest absolute Gasteiger partial charge is 0.343 e. The monoisotopic (exact) mass is 485 g/mol. The Morgan fingerprint density at radius 3 is 2.83 bits per heavy atom. The highest BCUT2D eigenvalue weighted by Gasteiger charge is 2.30. The van der Waals surface area contributed by atoms with E-state index in [1.54, 1.807) is 18.0 Å². The number of para-hydroxylation sites is 1. The van der Waals surface area contributed by atoms with E-state index in [0.29, 0.717) is 27.3 Å². The van der Waals surface area contributed by atoms with Crippen LogP contribution >= 0.6 is 39.3 Å². The van der Waals surface area contributed by atoms with E-state index in [1.165, 1.54) is 11.8 Å². The minimum absolute atomic E-state index is 0.0717. The highest BCUT2D eigenvalue weighted by atomic mass is 79.9. The molecule has 0 aliphatic carbocycles. The summed E-state index contributed by atoms with van der Waals surface area (Å²) in [5, 5.41) is 2.30. The van der Waals surface area contributed by atoms with Crippen molar-refractivity contribution in [3.05, 3.63) is 81.3 Å². The fraction of sp³-hybridized carbons (Fsp3) is 0.0909. The number of thioether (sulfide) groups is 1. The molecule has 3 aromatic rings. The Morgan fingerprint density at radius 2 is 2.07 bits per heavy atom. The quantitative estimate of drug-likeness (QED) is 0.313. The lowest BCUT2D eigenvalue weighted by Crippen LogP contribution is -2.23. The van der Waals surface area contributed by atoms with Gasteiger partial charge in [0.15, 0.2) is 5.17 Å². The molecule has 4 rings (SSSR count). The molecular weight excluding hydrogens is 470 g/mol. The Hall–Kier alpha value is -2.28. The fourth-order valence-electron chi connectivity index (χ4n) is 3.14. The average Bonchev–Trinajstić information content (AvgIpc) is 3.18. The summed E-state index contributed by atoms with van der Waals surface area (Å²) in [5.74, 6) is -0.0717. The Morgan fingerprint density at radius 1 is 1.28 bits per heavy atom. The van der Waals surface area contributed by atoms with Gasteiger partial charge >= 0.3 is 0 Å². The molecule has 1 amide bonds. The van der Waals surface area contributed by atoms with Crippen LogP contribution in [0.15, 0.2) is 75.7 Å². The van der Waals surface area contributed by atoms with E-state index >= 15 is 0 Å². The van der Waals surface area contributed by atoms with Crippen molar-refractivity contribution in [1.29, 1.82) is 0 Å². The first-order valence-corrected chi connectivity index (χ1v) is 10.9. The topological polar surface area (TPSA) is 37.6 Å². The van der Waals surface area contributed by atoms with Gasteiger partial charge in [-0.05, 0) is 58.0 Å². The Labute approximate surface area is 186 Å². The molecule has 146 valence electrons. The van der Waals surface area contributed by atoms with E-state index in [1.807, 2.05) is 36.4 Å². The molecule has 4 nitrogen and oxygen atoms in total. The van der Waals surface area contributed by atoms with E-state index in [-0.39, 0.29) is 5.91 Å². The number of likely N-dealkylation sites (N-methyl/N-ethyl adjacent to an activating group) is 1. The third-order valence-corrected chi connectivity index (χ3v) is 6.86. The zero-order chi connectivity index (χ0) is 20.5. The molecule has 1 fully saturated rings. The van der Waals surface area contributed by atoms with Gasteiger partial charge in [-0.15, -0.1) is 6.58 Å². The van der Waals surface area contributed by atoms with E-state index in [4.69, 9.17) is 11.6 Å². The molecule has 0 spiro atoms. The minimum Gasteiger partial charge on any atom is -0.343 e. The van der Waals surface area contributed by atoms with Crippen LogP contribution in [0.25, 0.3) is 17.0 Å². The zero-order valence-electron chi connectivity index (χ0n) is 15.6. The summed E-state index contributed by atoms with van der Waals surface area (Å²) in [7, 11) is 1.73. The van der Waals surface area contributed by atoms with Gasteiger partial charge in [-0.3, -0.25) is 9.69 Å². The molecule has 7 heteroatoms. The van der Waals surface area contributed by atoms with E-state index in [9.17, 15) is 4.79 Å². The normalized spacial score (nSPS) is 17.1. The van der Waals surface area contributed by atoms with Gasteiger partial charge in [0.25, 0.3) is 5.91 Å². The summed E-state index contributed by atoms with van der Waals surface area (Å²) in [6, 6.07) is 13.6. The molecule has 2 heterocycles. The lowest BCUT2D eigenvalue weighted by atomic mass is 10.1. The number of halogens is 2. The molecule has 0 bridgehead atoms. The summed E-state index contributed by atoms with van der Waals surface area (Å²) in [4.78, 5) is 19.6. The maximum absolute atomic E-state index is 12.8. The van der Waals surface area contributed by atoms with Crippen molar-refractivity contribution < 1.29 is 4.79 Å². The van der Waals surface area contributed by atoms with Gasteiger partial charge < -0.3 is 4.57 Å². The zero-order valence-corrected chi connectivity index (χ0v) is 18.8. The number of benzene rings is 2. The van der Waals surface area contributed by atoms with Gasteiger partial charge in [-0.2, -0.15) is 0 Å². The highest BCUT2D eigenvalue weighted by Crippen LogP contribution is 2.35. The predicted octanol–water partition coefficient (Wildman–Crippen LogP) is 6.48. The van der Waals surface area contributed by atoms with Crippen molar-refractivity contribution in [3.63, 3.8) is 0 Å². The number of rotatable bonds is 4. The van der Waals surface area contributed by atoms with Crippen LogP contribution in [0.4, 0.5) is 5.69 Å². The molecule has 1 aromatic heterocycles. The molecule has 0 unspecified atom stereocenters. The number of carbonyl (C=O) groups excluding carboxylic acids is 1. The third kappa shape index (κ3) is 3.92. The summed E-state index contributed by atoms with van der Waals surface area (Å²) in [5.41, 5.74) is 2.81.